The van der Waals surface area contributed by atoms with E-state index in [2.05, 4.69) is 11.9 Å². The van der Waals surface area contributed by atoms with Crippen LogP contribution >= 0.6 is 11.6 Å². The van der Waals surface area contributed by atoms with Crippen LogP contribution in [0.2, 0.25) is 5.02 Å². The van der Waals surface area contributed by atoms with Crippen LogP contribution in [-0.4, -0.2) is 31.6 Å². The lowest BCUT2D eigenvalue weighted by Gasteiger charge is -2.29. The van der Waals surface area contributed by atoms with Gasteiger partial charge in [0.15, 0.2) is 11.5 Å². The second kappa shape index (κ2) is 7.71. The molecular formula is C19H22ClNO2. The van der Waals surface area contributed by atoms with Crippen molar-refractivity contribution in [1.29, 1.82) is 0 Å². The normalized spacial score (nSPS) is 18.6. The van der Waals surface area contributed by atoms with Gasteiger partial charge in [0.1, 0.15) is 5.75 Å². The van der Waals surface area contributed by atoms with Gasteiger partial charge in [-0.1, -0.05) is 29.8 Å². The third-order valence-corrected chi connectivity index (χ3v) is 4.30. The quantitative estimate of drug-likeness (QED) is 0.781. The third-order valence-electron chi connectivity index (χ3n) is 4.07. The van der Waals surface area contributed by atoms with Crippen LogP contribution in [-0.2, 0) is 0 Å². The Labute approximate surface area is 142 Å². The monoisotopic (exact) mass is 331 g/mol. The molecule has 0 unspecified atom stereocenters. The van der Waals surface area contributed by atoms with E-state index < -0.39 is 0 Å². The Morgan fingerprint density at radius 1 is 1.13 bits per heavy atom. The summed E-state index contributed by atoms with van der Waals surface area (Å²) in [5.74, 6) is 2.79. The van der Waals surface area contributed by atoms with Crippen LogP contribution in [0.15, 0.2) is 48.5 Å². The zero-order valence-electron chi connectivity index (χ0n) is 13.4. The summed E-state index contributed by atoms with van der Waals surface area (Å²) in [6, 6.07) is 15.2. The summed E-state index contributed by atoms with van der Waals surface area (Å²) in [7, 11) is 2.17. The minimum atomic E-state index is 0.577. The molecule has 2 aromatic carbocycles. The van der Waals surface area contributed by atoms with Crippen molar-refractivity contribution in [3.8, 4) is 17.2 Å². The smallest absolute Gasteiger partial charge is 0.169 e. The van der Waals surface area contributed by atoms with E-state index in [1.165, 1.54) is 19.4 Å². The Balaban J connectivity index is 1.65. The fourth-order valence-electron chi connectivity index (χ4n) is 2.93. The van der Waals surface area contributed by atoms with E-state index in [9.17, 15) is 0 Å². The molecule has 0 N–H and O–H groups in total. The van der Waals surface area contributed by atoms with Gasteiger partial charge in [0.2, 0.25) is 0 Å². The molecule has 3 nitrogen and oxygen atoms in total. The van der Waals surface area contributed by atoms with E-state index in [-0.39, 0.29) is 0 Å². The maximum Gasteiger partial charge on any atom is 0.169 e. The fourth-order valence-corrected chi connectivity index (χ4v) is 3.11. The maximum absolute atomic E-state index is 6.04. The second-order valence-electron chi connectivity index (χ2n) is 6.09. The highest BCUT2D eigenvalue weighted by Crippen LogP contribution is 2.32. The number of hydrogen-bond donors (Lipinski definition) is 0. The molecule has 1 aliphatic heterocycles. The molecule has 122 valence electrons. The average molecular weight is 332 g/mol. The molecule has 2 aromatic rings. The molecule has 0 saturated carbocycles. The number of para-hydroxylation sites is 2. The molecule has 0 bridgehead atoms. The predicted octanol–water partition coefficient (Wildman–Crippen LogP) is 4.85. The van der Waals surface area contributed by atoms with Crippen LogP contribution in [0.3, 0.4) is 0 Å². The number of halogens is 1. The molecule has 3 rings (SSSR count). The van der Waals surface area contributed by atoms with Crippen LogP contribution < -0.4 is 9.47 Å². The standard InChI is InChI=1S/C19H22ClNO2/c1-21-11-5-6-15(13-21)14-22-18-9-2-3-10-19(18)23-17-8-4-7-16(20)12-17/h2-4,7-10,12,15H,5-6,11,13-14H2,1H3/t15-/m1/s1. The zero-order chi connectivity index (χ0) is 16.1. The lowest BCUT2D eigenvalue weighted by atomic mass is 10.00. The van der Waals surface area contributed by atoms with Crippen molar-refractivity contribution in [2.24, 2.45) is 5.92 Å². The summed E-state index contributed by atoms with van der Waals surface area (Å²) in [5.41, 5.74) is 0. The SMILES string of the molecule is CN1CCC[C@@H](COc2ccccc2Oc2cccc(Cl)c2)C1. The molecule has 1 fully saturated rings. The lowest BCUT2D eigenvalue weighted by molar-refractivity contribution is 0.148. The first-order valence-corrected chi connectivity index (χ1v) is 8.42. The zero-order valence-corrected chi connectivity index (χ0v) is 14.1. The van der Waals surface area contributed by atoms with Crippen molar-refractivity contribution >= 4 is 11.6 Å². The number of piperidine rings is 1. The van der Waals surface area contributed by atoms with Crippen LogP contribution in [0, 0.1) is 5.92 Å². The van der Waals surface area contributed by atoms with Crippen molar-refractivity contribution < 1.29 is 9.47 Å². The first kappa shape index (κ1) is 16.2. The summed E-state index contributed by atoms with van der Waals surface area (Å²) in [4.78, 5) is 2.37. The van der Waals surface area contributed by atoms with Crippen molar-refractivity contribution in [3.05, 3.63) is 53.6 Å². The molecule has 1 heterocycles. The van der Waals surface area contributed by atoms with Gasteiger partial charge in [-0.25, -0.2) is 0 Å². The van der Waals surface area contributed by atoms with E-state index in [0.29, 0.717) is 16.7 Å². The van der Waals surface area contributed by atoms with Gasteiger partial charge < -0.3 is 14.4 Å². The summed E-state index contributed by atoms with van der Waals surface area (Å²) in [6.07, 6.45) is 2.47. The van der Waals surface area contributed by atoms with Crippen LogP contribution in [0.5, 0.6) is 17.2 Å². The number of benzene rings is 2. The second-order valence-corrected chi connectivity index (χ2v) is 6.52. The number of ether oxygens (including phenoxy) is 2. The highest BCUT2D eigenvalue weighted by Gasteiger charge is 2.18. The molecule has 1 atom stereocenters. The highest BCUT2D eigenvalue weighted by atomic mass is 35.5. The van der Waals surface area contributed by atoms with E-state index in [1.54, 1.807) is 6.07 Å². The Morgan fingerprint density at radius 2 is 1.96 bits per heavy atom. The molecule has 1 aliphatic rings. The van der Waals surface area contributed by atoms with Gasteiger partial charge in [-0.2, -0.15) is 0 Å². The molecule has 0 aliphatic carbocycles. The summed E-state index contributed by atoms with van der Waals surface area (Å²) in [5, 5.41) is 0.658. The number of rotatable bonds is 5. The van der Waals surface area contributed by atoms with Gasteiger partial charge in [0.25, 0.3) is 0 Å². The van der Waals surface area contributed by atoms with Gasteiger partial charge in [-0.3, -0.25) is 0 Å². The predicted molar refractivity (Wildman–Crippen MR) is 93.7 cm³/mol. The number of nitrogens with zero attached hydrogens (tertiary/aromatic N) is 1. The Morgan fingerprint density at radius 3 is 2.74 bits per heavy atom. The minimum Gasteiger partial charge on any atom is -0.489 e. The minimum absolute atomic E-state index is 0.577. The van der Waals surface area contributed by atoms with Crippen LogP contribution in [0.4, 0.5) is 0 Å². The van der Waals surface area contributed by atoms with Crippen molar-refractivity contribution in [3.63, 3.8) is 0 Å². The fraction of sp³-hybridized carbons (Fsp3) is 0.368. The highest BCUT2D eigenvalue weighted by molar-refractivity contribution is 6.30. The first-order valence-electron chi connectivity index (χ1n) is 8.04. The largest absolute Gasteiger partial charge is 0.489 e. The van der Waals surface area contributed by atoms with E-state index in [0.717, 1.165) is 24.7 Å². The summed E-state index contributed by atoms with van der Waals surface area (Å²) >= 11 is 6.01. The summed E-state index contributed by atoms with van der Waals surface area (Å²) in [6.45, 7) is 3.00. The van der Waals surface area contributed by atoms with Gasteiger partial charge in [0.05, 0.1) is 6.61 Å². The van der Waals surface area contributed by atoms with Crippen LogP contribution in [0.25, 0.3) is 0 Å². The molecule has 0 radical (unpaired) electrons. The number of likely N-dealkylation sites (tertiary alicyclic amines) is 1. The van der Waals surface area contributed by atoms with Crippen molar-refractivity contribution in [2.75, 3.05) is 26.7 Å². The maximum atomic E-state index is 6.04. The van der Waals surface area contributed by atoms with Crippen LogP contribution in [0.1, 0.15) is 12.8 Å². The first-order chi connectivity index (χ1) is 11.2. The Hall–Kier alpha value is -1.71. The topological polar surface area (TPSA) is 21.7 Å². The molecule has 0 amide bonds. The van der Waals surface area contributed by atoms with E-state index >= 15 is 0 Å². The van der Waals surface area contributed by atoms with E-state index in [4.69, 9.17) is 21.1 Å². The lowest BCUT2D eigenvalue weighted by Crippen LogP contribution is -2.34. The molecule has 4 heteroatoms. The number of hydrogen-bond acceptors (Lipinski definition) is 3. The van der Waals surface area contributed by atoms with Gasteiger partial charge in [0, 0.05) is 17.5 Å². The van der Waals surface area contributed by atoms with E-state index in [1.807, 2.05) is 42.5 Å². The van der Waals surface area contributed by atoms with Gasteiger partial charge >= 0.3 is 0 Å². The van der Waals surface area contributed by atoms with Gasteiger partial charge in [-0.05, 0) is 56.8 Å². The van der Waals surface area contributed by atoms with Crippen molar-refractivity contribution in [1.82, 2.24) is 4.90 Å². The molecular weight excluding hydrogens is 310 g/mol. The average Bonchev–Trinajstić information content (AvgIpc) is 2.54. The Kier molecular flexibility index (Phi) is 5.42. The Bertz CT molecular complexity index is 647. The van der Waals surface area contributed by atoms with Crippen molar-refractivity contribution in [2.45, 2.75) is 12.8 Å². The molecule has 0 aromatic heterocycles. The molecule has 0 spiro atoms. The van der Waals surface area contributed by atoms with Gasteiger partial charge in [-0.15, -0.1) is 0 Å². The molecule has 1 saturated heterocycles. The summed E-state index contributed by atoms with van der Waals surface area (Å²) < 4.78 is 12.0. The third kappa shape index (κ3) is 4.63. The molecule has 23 heavy (non-hydrogen) atoms.